The number of allylic oxidation sites excluding steroid dienone is 1. The first-order valence-corrected chi connectivity index (χ1v) is 4.89. The van der Waals surface area contributed by atoms with Gasteiger partial charge in [0.2, 0.25) is 0 Å². The molecule has 1 saturated heterocycles. The van der Waals surface area contributed by atoms with Gasteiger partial charge in [-0.25, -0.2) is 0 Å². The van der Waals surface area contributed by atoms with Gasteiger partial charge < -0.3 is 21.7 Å². The molecule has 62 valence electrons. The third-order valence-electron chi connectivity index (χ3n) is 1.24. The molecule has 1 fully saturated rings. The second kappa shape index (κ2) is 13.5. The summed E-state index contributed by atoms with van der Waals surface area (Å²) in [6.45, 7) is 5.55. The van der Waals surface area contributed by atoms with Crippen molar-refractivity contribution in [2.45, 2.75) is 23.8 Å². The first kappa shape index (κ1) is 14.5. The summed E-state index contributed by atoms with van der Waals surface area (Å²) in [5, 5.41) is 0. The molecule has 1 aliphatic heterocycles. The van der Waals surface area contributed by atoms with E-state index in [2.05, 4.69) is 6.58 Å². The molecule has 0 amide bonds. The van der Waals surface area contributed by atoms with E-state index in [1.807, 2.05) is 27.8 Å². The van der Waals surface area contributed by atoms with E-state index in [9.17, 15) is 0 Å². The smallest absolute Gasteiger partial charge is 1.00 e. The molecule has 0 aromatic rings. The monoisotopic (exact) mass is 230 g/mol. The minimum Gasteiger partial charge on any atom is -1.00 e. The summed E-state index contributed by atoms with van der Waals surface area (Å²) < 4.78 is 6.20. The molecular weight excluding hydrogens is 216 g/mol. The molecule has 0 N–H and O–H groups in total. The Bertz CT molecular complexity index is 66.9. The fourth-order valence-electron chi connectivity index (χ4n) is 0.655. The van der Waals surface area contributed by atoms with Crippen LogP contribution >= 0.6 is 0 Å². The Hall–Kier alpha value is 0.946. The van der Waals surface area contributed by atoms with E-state index >= 15 is 0 Å². The van der Waals surface area contributed by atoms with E-state index < -0.39 is 0 Å². The Labute approximate surface area is 92.8 Å². The molecule has 0 aromatic carbocycles. The van der Waals surface area contributed by atoms with Gasteiger partial charge in [-0.05, 0) is 12.8 Å². The largest absolute Gasteiger partial charge is 1.00 e. The number of hydrogen-bond donors (Lipinski definition) is 0. The molecule has 1 rings (SSSR count). The van der Waals surface area contributed by atoms with Crippen LogP contribution < -0.4 is 17.0 Å². The molecule has 0 radical (unpaired) electrons. The molecule has 0 aromatic heterocycles. The number of ether oxygens (including phenoxy) is 1. The summed E-state index contributed by atoms with van der Waals surface area (Å²) >= 11 is 1.98. The Morgan fingerprint density at radius 2 is 1.91 bits per heavy atom. The van der Waals surface area contributed by atoms with E-state index in [1.165, 1.54) is 23.8 Å². The van der Waals surface area contributed by atoms with Gasteiger partial charge in [-0.3, -0.25) is 0 Å². The number of rotatable bonds is 2. The predicted molar refractivity (Wildman–Crippen MR) is 45.4 cm³/mol. The quantitative estimate of drug-likeness (QED) is 0.435. The van der Waals surface area contributed by atoms with E-state index in [-0.39, 0.29) is 17.0 Å². The molecule has 1 heterocycles. The van der Waals surface area contributed by atoms with Gasteiger partial charge in [-0.1, -0.05) is 0 Å². The minimum absolute atomic E-state index is 0. The Morgan fingerprint density at radius 3 is 2.00 bits per heavy atom. The van der Waals surface area contributed by atoms with Crippen molar-refractivity contribution >= 4 is 21.7 Å². The third kappa shape index (κ3) is 13.9. The molecule has 1 nitrogen and oxygen atoms in total. The zero-order valence-corrected chi connectivity index (χ0v) is 10.0. The molecule has 0 saturated carbocycles. The van der Waals surface area contributed by atoms with Crippen LogP contribution in [0.3, 0.4) is 0 Å². The average Bonchev–Trinajstić information content (AvgIpc) is 2.44. The molecule has 0 unspecified atom stereocenters. The van der Waals surface area contributed by atoms with Crippen LogP contribution in [0.1, 0.15) is 19.3 Å². The second-order valence-electron chi connectivity index (χ2n) is 2.25. The summed E-state index contributed by atoms with van der Waals surface area (Å²) in [4.78, 5) is 0. The van der Waals surface area contributed by atoms with E-state index in [0.29, 0.717) is 0 Å². The first-order chi connectivity index (χ1) is 4.91. The fraction of sp³-hybridized carbons (Fsp3) is 0.750. The molecule has 0 spiro atoms. The Balaban J connectivity index is 0. The maximum atomic E-state index is 4.94. The zero-order chi connectivity index (χ0) is 7.66. The maximum Gasteiger partial charge on any atom is -1.00 e. The van der Waals surface area contributed by atoms with Crippen molar-refractivity contribution in [1.82, 2.24) is 0 Å². The Morgan fingerprint density at radius 1 is 1.36 bits per heavy atom. The van der Waals surface area contributed by atoms with Crippen LogP contribution in [0, 0.1) is 0 Å². The van der Waals surface area contributed by atoms with Gasteiger partial charge in [-0.2, -0.15) is 0 Å². The molecule has 0 bridgehead atoms. The molecule has 11 heavy (non-hydrogen) atoms. The topological polar surface area (TPSA) is 9.23 Å². The molecule has 3 heteroatoms. The zero-order valence-electron chi connectivity index (χ0n) is 7.02. The molecule has 1 aliphatic rings. The van der Waals surface area contributed by atoms with Gasteiger partial charge in [0.15, 0.2) is 0 Å². The maximum absolute atomic E-state index is 4.94. The Kier molecular flexibility index (Phi) is 17.8. The predicted octanol–water partition coefficient (Wildman–Crippen LogP) is -1.05. The van der Waals surface area contributed by atoms with Gasteiger partial charge in [0.1, 0.15) is 0 Å². The molecule has 0 aliphatic carbocycles. The van der Waals surface area contributed by atoms with E-state index in [0.717, 1.165) is 13.2 Å². The van der Waals surface area contributed by atoms with Crippen LogP contribution in [0.4, 0.5) is 0 Å². The van der Waals surface area contributed by atoms with Gasteiger partial charge in [0.05, 0.1) is 0 Å². The number of halogens is 1. The average molecular weight is 231 g/mol. The summed E-state index contributed by atoms with van der Waals surface area (Å²) in [5.74, 6) is 0. The summed E-state index contributed by atoms with van der Waals surface area (Å²) in [5.41, 5.74) is 0. The van der Waals surface area contributed by atoms with Crippen LogP contribution in [-0.4, -0.2) is 34.9 Å². The second-order valence-corrected chi connectivity index (χ2v) is 2.96. The minimum atomic E-state index is 0. The fourth-order valence-corrected chi connectivity index (χ4v) is 0.943. The van der Waals surface area contributed by atoms with Gasteiger partial charge in [0, 0.05) is 13.2 Å². The van der Waals surface area contributed by atoms with Crippen LogP contribution in [0.5, 0.6) is 0 Å². The third-order valence-corrected chi connectivity index (χ3v) is 1.64. The van der Waals surface area contributed by atoms with Crippen LogP contribution in [-0.2, 0) is 4.74 Å². The van der Waals surface area contributed by atoms with Crippen molar-refractivity contribution in [3.05, 3.63) is 12.7 Å². The van der Waals surface area contributed by atoms with Gasteiger partial charge >= 0.3 is 45.3 Å². The summed E-state index contributed by atoms with van der Waals surface area (Å²) in [7, 11) is 0. The van der Waals surface area contributed by atoms with Gasteiger partial charge in [0.25, 0.3) is 0 Å². The van der Waals surface area contributed by atoms with Crippen molar-refractivity contribution in [3.63, 3.8) is 0 Å². The van der Waals surface area contributed by atoms with Crippen LogP contribution in [0.15, 0.2) is 12.7 Å². The van der Waals surface area contributed by atoms with Crippen molar-refractivity contribution < 1.29 is 21.7 Å². The van der Waals surface area contributed by atoms with Crippen LogP contribution in [0.25, 0.3) is 0 Å². The van der Waals surface area contributed by atoms with Gasteiger partial charge in [-0.15, -0.1) is 0 Å². The van der Waals surface area contributed by atoms with E-state index in [1.54, 1.807) is 0 Å². The first-order valence-electron chi connectivity index (χ1n) is 3.89. The molecular formula is C8H15BrMgO. The SMILES string of the molecule is C1CCOC1.C=CC[CH2][Mg+].[Br-]. The summed E-state index contributed by atoms with van der Waals surface area (Å²) in [6, 6.07) is 0. The van der Waals surface area contributed by atoms with Crippen molar-refractivity contribution in [3.8, 4) is 0 Å². The molecule has 0 atom stereocenters. The summed E-state index contributed by atoms with van der Waals surface area (Å²) in [6.07, 6.45) is 5.66. The van der Waals surface area contributed by atoms with Crippen molar-refractivity contribution in [2.24, 2.45) is 0 Å². The van der Waals surface area contributed by atoms with Crippen molar-refractivity contribution in [1.29, 1.82) is 0 Å². The van der Waals surface area contributed by atoms with Crippen molar-refractivity contribution in [2.75, 3.05) is 13.2 Å². The standard InChI is InChI=1S/C4H8O.C4H7.BrH.Mg/c1-2-4-5-3-1;1-3-4-2;;/h1-4H2;3H,1-2,4H2;1H;/q;;;+1/p-1. The van der Waals surface area contributed by atoms with Crippen LogP contribution in [0.2, 0.25) is 4.55 Å². The number of hydrogen-bond acceptors (Lipinski definition) is 1. The normalized spacial score (nSPS) is 14.4. The van der Waals surface area contributed by atoms with E-state index in [4.69, 9.17) is 4.74 Å².